The van der Waals surface area contributed by atoms with Gasteiger partial charge in [-0.2, -0.15) is 5.26 Å². The van der Waals surface area contributed by atoms with Gasteiger partial charge in [-0.25, -0.2) is 4.98 Å². The van der Waals surface area contributed by atoms with Crippen molar-refractivity contribution in [2.24, 2.45) is 0 Å². The van der Waals surface area contributed by atoms with Gasteiger partial charge in [0.15, 0.2) is 0 Å². The van der Waals surface area contributed by atoms with Crippen molar-refractivity contribution in [1.29, 1.82) is 5.26 Å². The highest BCUT2D eigenvalue weighted by atomic mass is 19.4. The predicted molar refractivity (Wildman–Crippen MR) is 158 cm³/mol. The molecule has 44 heavy (non-hydrogen) atoms. The molecular weight excluding hydrogens is 571 g/mol. The zero-order valence-electron chi connectivity index (χ0n) is 24.2. The summed E-state index contributed by atoms with van der Waals surface area (Å²) in [5.74, 6) is 0.543. The minimum Gasteiger partial charge on any atom is -0.456 e. The molecular formula is C33H32F3N5O3. The number of imidazole rings is 1. The van der Waals surface area contributed by atoms with Crippen LogP contribution in [0.5, 0.6) is 17.2 Å². The van der Waals surface area contributed by atoms with Gasteiger partial charge in [0.1, 0.15) is 23.3 Å². The number of halogens is 3. The van der Waals surface area contributed by atoms with Gasteiger partial charge in [0.25, 0.3) is 0 Å². The number of aromatic nitrogens is 2. The second kappa shape index (κ2) is 13.7. The highest BCUT2D eigenvalue weighted by Crippen LogP contribution is 2.30. The first-order valence-electron chi connectivity index (χ1n) is 14.4. The van der Waals surface area contributed by atoms with Crippen LogP contribution in [-0.2, 0) is 17.9 Å². The molecule has 1 saturated heterocycles. The molecule has 3 aromatic carbocycles. The molecule has 1 unspecified atom stereocenters. The lowest BCUT2D eigenvalue weighted by atomic mass is 10.0. The molecule has 0 aliphatic carbocycles. The first kappa shape index (κ1) is 30.6. The molecule has 1 aromatic heterocycles. The average molecular weight is 604 g/mol. The Bertz CT molecular complexity index is 1620. The van der Waals surface area contributed by atoms with E-state index in [1.54, 1.807) is 35.6 Å². The molecule has 0 radical (unpaired) electrons. The minimum absolute atomic E-state index is 0.0113. The van der Waals surface area contributed by atoms with Crippen LogP contribution in [0.2, 0.25) is 0 Å². The number of ether oxygens (including phenoxy) is 2. The molecule has 11 heteroatoms. The molecule has 5 rings (SSSR count). The zero-order chi connectivity index (χ0) is 31.1. The molecule has 228 valence electrons. The van der Waals surface area contributed by atoms with Crippen molar-refractivity contribution >= 4 is 11.6 Å². The van der Waals surface area contributed by atoms with Crippen molar-refractivity contribution in [1.82, 2.24) is 14.5 Å². The second-order valence-corrected chi connectivity index (χ2v) is 10.6. The van der Waals surface area contributed by atoms with Gasteiger partial charge in [-0.05, 0) is 48.4 Å². The molecule has 0 spiro atoms. The van der Waals surface area contributed by atoms with Crippen LogP contribution in [0.1, 0.15) is 43.0 Å². The molecule has 0 N–H and O–H groups in total. The highest BCUT2D eigenvalue weighted by molar-refractivity contribution is 5.95. The quantitative estimate of drug-likeness (QED) is 0.185. The van der Waals surface area contributed by atoms with Crippen LogP contribution in [0, 0.1) is 11.3 Å². The summed E-state index contributed by atoms with van der Waals surface area (Å²) < 4.78 is 50.3. The largest absolute Gasteiger partial charge is 0.573 e. The number of unbranched alkanes of at least 4 members (excludes halogenated alkanes) is 1. The SMILES string of the molecule is CCCCC1CN(c2cccc(OC(F)(F)F)c2)C(=O)CN1Cc1cncn1Cc1ccc(Oc2ccccc2)c(C#N)c1. The van der Waals surface area contributed by atoms with E-state index in [9.17, 15) is 23.2 Å². The minimum atomic E-state index is -4.82. The van der Waals surface area contributed by atoms with Crippen molar-refractivity contribution < 1.29 is 27.4 Å². The number of anilines is 1. The molecule has 2 heterocycles. The Morgan fingerprint density at radius 3 is 2.57 bits per heavy atom. The van der Waals surface area contributed by atoms with Gasteiger partial charge in [-0.15, -0.1) is 13.2 Å². The number of hydrogen-bond acceptors (Lipinski definition) is 6. The molecule has 0 bridgehead atoms. The maximum absolute atomic E-state index is 13.3. The number of nitriles is 1. The molecule has 1 fully saturated rings. The lowest BCUT2D eigenvalue weighted by molar-refractivity contribution is -0.274. The van der Waals surface area contributed by atoms with Crippen molar-refractivity contribution in [2.75, 3.05) is 18.0 Å². The van der Waals surface area contributed by atoms with E-state index in [1.165, 1.54) is 18.2 Å². The number of para-hydroxylation sites is 1. The molecule has 1 amide bonds. The smallest absolute Gasteiger partial charge is 0.456 e. The Kier molecular flexibility index (Phi) is 9.50. The number of benzene rings is 3. The lowest BCUT2D eigenvalue weighted by Gasteiger charge is -2.41. The van der Waals surface area contributed by atoms with E-state index in [2.05, 4.69) is 27.6 Å². The van der Waals surface area contributed by atoms with E-state index in [4.69, 9.17) is 4.74 Å². The summed E-state index contributed by atoms with van der Waals surface area (Å²) >= 11 is 0. The van der Waals surface area contributed by atoms with E-state index in [1.807, 2.05) is 41.0 Å². The van der Waals surface area contributed by atoms with Gasteiger partial charge >= 0.3 is 6.36 Å². The van der Waals surface area contributed by atoms with Gasteiger partial charge in [0, 0.05) is 43.6 Å². The number of rotatable bonds is 11. The van der Waals surface area contributed by atoms with Crippen molar-refractivity contribution in [2.45, 2.75) is 51.7 Å². The Balaban J connectivity index is 1.30. The Hall–Kier alpha value is -4.82. The van der Waals surface area contributed by atoms with Crippen LogP contribution in [-0.4, -0.2) is 45.9 Å². The Labute approximate surface area is 253 Å². The van der Waals surface area contributed by atoms with Crippen molar-refractivity contribution in [3.8, 4) is 23.3 Å². The van der Waals surface area contributed by atoms with Crippen LogP contribution >= 0.6 is 0 Å². The van der Waals surface area contributed by atoms with Gasteiger partial charge in [-0.3, -0.25) is 9.69 Å². The van der Waals surface area contributed by atoms with Gasteiger partial charge in [0.2, 0.25) is 5.91 Å². The zero-order valence-corrected chi connectivity index (χ0v) is 24.2. The van der Waals surface area contributed by atoms with Crippen LogP contribution in [0.15, 0.2) is 85.3 Å². The Morgan fingerprint density at radius 2 is 1.82 bits per heavy atom. The van der Waals surface area contributed by atoms with Gasteiger partial charge in [0.05, 0.1) is 24.1 Å². The molecule has 4 aromatic rings. The number of carbonyl (C=O) groups is 1. The first-order valence-corrected chi connectivity index (χ1v) is 14.4. The van der Waals surface area contributed by atoms with E-state index >= 15 is 0 Å². The lowest BCUT2D eigenvalue weighted by Crippen LogP contribution is -2.56. The van der Waals surface area contributed by atoms with Crippen LogP contribution in [0.4, 0.5) is 18.9 Å². The van der Waals surface area contributed by atoms with E-state index < -0.39 is 6.36 Å². The number of nitrogens with zero attached hydrogens (tertiary/aromatic N) is 5. The van der Waals surface area contributed by atoms with Crippen LogP contribution < -0.4 is 14.4 Å². The summed E-state index contributed by atoms with van der Waals surface area (Å²) in [7, 11) is 0. The fourth-order valence-electron chi connectivity index (χ4n) is 5.31. The topological polar surface area (TPSA) is 83.6 Å². The maximum atomic E-state index is 13.3. The van der Waals surface area contributed by atoms with Crippen molar-refractivity contribution in [3.63, 3.8) is 0 Å². The number of carbonyl (C=O) groups excluding carboxylic acids is 1. The summed E-state index contributed by atoms with van der Waals surface area (Å²) in [6.07, 6.45) is 1.40. The molecule has 0 saturated carbocycles. The van der Waals surface area contributed by atoms with Gasteiger partial charge < -0.3 is 18.9 Å². The average Bonchev–Trinajstić information content (AvgIpc) is 3.43. The molecule has 1 atom stereocenters. The molecule has 1 aliphatic rings. The van der Waals surface area contributed by atoms with E-state index in [-0.39, 0.29) is 24.2 Å². The summed E-state index contributed by atoms with van der Waals surface area (Å²) in [5.41, 5.74) is 2.58. The number of alkyl halides is 3. The summed E-state index contributed by atoms with van der Waals surface area (Å²) in [4.78, 5) is 21.3. The van der Waals surface area contributed by atoms with Gasteiger partial charge in [-0.1, -0.05) is 50.1 Å². The third-order valence-electron chi connectivity index (χ3n) is 7.45. The third-order valence-corrected chi connectivity index (χ3v) is 7.45. The van der Waals surface area contributed by atoms with Crippen LogP contribution in [0.25, 0.3) is 0 Å². The number of hydrogen-bond donors (Lipinski definition) is 0. The highest BCUT2D eigenvalue weighted by Gasteiger charge is 2.34. The normalized spacial score (nSPS) is 15.7. The number of piperazine rings is 1. The summed E-state index contributed by atoms with van der Waals surface area (Å²) in [6.45, 7) is 3.47. The predicted octanol–water partition coefficient (Wildman–Crippen LogP) is 6.90. The fraction of sp³-hybridized carbons (Fsp3) is 0.303. The standard InChI is InChI=1S/C33H32F3N5O3/c1-2-3-8-27-21-41(26-9-7-12-30(16-26)44-33(34,35)36)32(42)22-39(27)20-28-18-38-23-40(28)19-24-13-14-31(25(15-24)17-37)43-29-10-5-4-6-11-29/h4-7,9-16,18,23,27H,2-3,8,19-22H2,1H3. The van der Waals surface area contributed by atoms with E-state index in [0.29, 0.717) is 42.4 Å². The van der Waals surface area contributed by atoms with Crippen molar-refractivity contribution in [3.05, 3.63) is 102 Å². The van der Waals surface area contributed by atoms with E-state index in [0.717, 1.165) is 30.5 Å². The number of amides is 1. The third kappa shape index (κ3) is 7.76. The molecule has 1 aliphatic heterocycles. The Morgan fingerprint density at radius 1 is 1.02 bits per heavy atom. The summed E-state index contributed by atoms with van der Waals surface area (Å²) in [5, 5.41) is 9.76. The first-order chi connectivity index (χ1) is 21.2. The monoisotopic (exact) mass is 603 g/mol. The molecule has 8 nitrogen and oxygen atoms in total. The summed E-state index contributed by atoms with van der Waals surface area (Å²) in [6, 6.07) is 22.5. The maximum Gasteiger partial charge on any atom is 0.573 e. The fourth-order valence-corrected chi connectivity index (χ4v) is 5.31. The van der Waals surface area contributed by atoms with Crippen LogP contribution in [0.3, 0.4) is 0 Å². The second-order valence-electron chi connectivity index (χ2n) is 10.6.